The number of hydrogen-bond donors (Lipinski definition) is 2. The normalized spacial score (nSPS) is 13.0. The fourth-order valence-electron chi connectivity index (χ4n) is 2.72. The van der Waals surface area contributed by atoms with E-state index in [1.165, 1.54) is 6.08 Å². The van der Waals surface area contributed by atoms with Crippen LogP contribution in [0.1, 0.15) is 31.9 Å². The van der Waals surface area contributed by atoms with Gasteiger partial charge in [0.05, 0.1) is 6.61 Å². The zero-order valence-electron chi connectivity index (χ0n) is 16.2. The minimum Gasteiger partial charge on any atom is -0.493 e. The first-order valence-corrected chi connectivity index (χ1v) is 9.13. The van der Waals surface area contributed by atoms with Gasteiger partial charge in [-0.1, -0.05) is 6.07 Å². The molecule has 0 spiro atoms. The van der Waals surface area contributed by atoms with Crippen molar-refractivity contribution in [3.8, 4) is 5.75 Å². The van der Waals surface area contributed by atoms with E-state index >= 15 is 0 Å². The molecular weight excluding hydrogens is 356 g/mol. The molecule has 0 aliphatic carbocycles. The molecular formula is C22H24N2O4. The Morgan fingerprint density at radius 1 is 1.04 bits per heavy atom. The van der Waals surface area contributed by atoms with Crippen LogP contribution in [0.5, 0.6) is 5.75 Å². The van der Waals surface area contributed by atoms with Crippen molar-refractivity contribution in [3.63, 3.8) is 0 Å². The number of carbonyl (C=O) groups is 2. The first kappa shape index (κ1) is 19.5. The van der Waals surface area contributed by atoms with Crippen molar-refractivity contribution in [1.29, 1.82) is 0 Å². The van der Waals surface area contributed by atoms with Crippen LogP contribution < -0.4 is 15.4 Å². The summed E-state index contributed by atoms with van der Waals surface area (Å²) in [4.78, 5) is 23.9. The first-order chi connectivity index (χ1) is 13.3. The van der Waals surface area contributed by atoms with E-state index in [1.807, 2.05) is 18.2 Å². The van der Waals surface area contributed by atoms with E-state index in [0.717, 1.165) is 23.3 Å². The maximum absolute atomic E-state index is 12.1. The maximum Gasteiger partial charge on any atom is 0.412 e. The lowest BCUT2D eigenvalue weighted by Crippen LogP contribution is -2.27. The van der Waals surface area contributed by atoms with Crippen LogP contribution in [0, 0.1) is 0 Å². The summed E-state index contributed by atoms with van der Waals surface area (Å²) in [5, 5.41) is 5.44. The fraction of sp³-hybridized carbons (Fsp3) is 0.273. The first-order valence-electron chi connectivity index (χ1n) is 9.13. The van der Waals surface area contributed by atoms with Gasteiger partial charge in [0.15, 0.2) is 0 Å². The van der Waals surface area contributed by atoms with E-state index in [0.29, 0.717) is 18.0 Å². The lowest BCUT2D eigenvalue weighted by atomic mass is 10.1. The van der Waals surface area contributed by atoms with Gasteiger partial charge in [-0.25, -0.2) is 4.79 Å². The number of rotatable bonds is 4. The number of ether oxygens (including phenoxy) is 2. The summed E-state index contributed by atoms with van der Waals surface area (Å²) in [6, 6.07) is 12.7. The van der Waals surface area contributed by atoms with Crippen LogP contribution >= 0.6 is 0 Å². The Hall–Kier alpha value is -3.28. The Labute approximate surface area is 164 Å². The molecule has 146 valence electrons. The molecule has 2 aromatic rings. The molecule has 2 amide bonds. The van der Waals surface area contributed by atoms with E-state index in [4.69, 9.17) is 9.47 Å². The third-order valence-electron chi connectivity index (χ3n) is 3.94. The lowest BCUT2D eigenvalue weighted by Gasteiger charge is -2.19. The Bertz CT molecular complexity index is 896. The SMILES string of the molecule is CC(C)(C)OC(=O)Nc1ccc(NC(=O)C=Cc2ccc3c(c2)CCO3)cc1. The number of amides is 2. The van der Waals surface area contributed by atoms with Crippen molar-refractivity contribution in [3.05, 3.63) is 59.7 Å². The summed E-state index contributed by atoms with van der Waals surface area (Å²) < 4.78 is 10.7. The zero-order chi connectivity index (χ0) is 20.1. The summed E-state index contributed by atoms with van der Waals surface area (Å²) in [6.07, 6.45) is 3.64. The molecule has 1 aliphatic heterocycles. The third-order valence-corrected chi connectivity index (χ3v) is 3.94. The quantitative estimate of drug-likeness (QED) is 0.759. The van der Waals surface area contributed by atoms with Crippen LogP contribution in [-0.4, -0.2) is 24.2 Å². The lowest BCUT2D eigenvalue weighted by molar-refractivity contribution is -0.111. The summed E-state index contributed by atoms with van der Waals surface area (Å²) >= 11 is 0. The molecule has 0 fully saturated rings. The van der Waals surface area contributed by atoms with Gasteiger partial charge in [0.1, 0.15) is 11.4 Å². The van der Waals surface area contributed by atoms with Gasteiger partial charge in [-0.15, -0.1) is 0 Å². The Kier molecular flexibility index (Phi) is 5.68. The highest BCUT2D eigenvalue weighted by molar-refractivity contribution is 6.02. The number of hydrogen-bond acceptors (Lipinski definition) is 4. The number of nitrogens with one attached hydrogen (secondary N) is 2. The fourth-order valence-corrected chi connectivity index (χ4v) is 2.72. The third kappa shape index (κ3) is 5.61. The van der Waals surface area contributed by atoms with Gasteiger partial charge in [-0.2, -0.15) is 0 Å². The Morgan fingerprint density at radius 3 is 2.39 bits per heavy atom. The predicted octanol–water partition coefficient (Wildman–Crippen LogP) is 4.62. The molecule has 0 radical (unpaired) electrons. The van der Waals surface area contributed by atoms with Crippen LogP contribution in [0.25, 0.3) is 6.08 Å². The smallest absolute Gasteiger partial charge is 0.412 e. The van der Waals surface area contributed by atoms with Gasteiger partial charge in [0.25, 0.3) is 0 Å². The highest BCUT2D eigenvalue weighted by Gasteiger charge is 2.16. The Morgan fingerprint density at radius 2 is 1.71 bits per heavy atom. The highest BCUT2D eigenvalue weighted by atomic mass is 16.6. The van der Waals surface area contributed by atoms with Gasteiger partial charge in [-0.3, -0.25) is 10.1 Å². The van der Waals surface area contributed by atoms with Gasteiger partial charge < -0.3 is 14.8 Å². The summed E-state index contributed by atoms with van der Waals surface area (Å²) in [7, 11) is 0. The molecule has 0 saturated carbocycles. The molecule has 0 aromatic heterocycles. The van der Waals surface area contributed by atoms with Crippen LogP contribution in [-0.2, 0) is 16.0 Å². The number of anilines is 2. The second-order valence-electron chi connectivity index (χ2n) is 7.49. The van der Waals surface area contributed by atoms with Crippen LogP contribution in [0.2, 0.25) is 0 Å². The number of benzene rings is 2. The average molecular weight is 380 g/mol. The molecule has 1 heterocycles. The standard InChI is InChI=1S/C22H24N2O4/c1-22(2,3)28-21(26)24-18-8-6-17(7-9-18)23-20(25)11-5-15-4-10-19-16(14-15)12-13-27-19/h4-11,14H,12-13H2,1-3H3,(H,23,25)(H,24,26). The van der Waals surface area contributed by atoms with E-state index in [9.17, 15) is 9.59 Å². The molecule has 0 unspecified atom stereocenters. The summed E-state index contributed by atoms with van der Waals surface area (Å²) in [5.41, 5.74) is 2.78. The zero-order valence-corrected chi connectivity index (χ0v) is 16.2. The van der Waals surface area contributed by atoms with Crippen molar-refractivity contribution in [1.82, 2.24) is 0 Å². The van der Waals surface area contributed by atoms with Crippen molar-refractivity contribution < 1.29 is 19.1 Å². The molecule has 2 aromatic carbocycles. The second kappa shape index (κ2) is 8.17. The van der Waals surface area contributed by atoms with Gasteiger partial charge in [-0.05, 0) is 74.4 Å². The molecule has 0 bridgehead atoms. The Balaban J connectivity index is 1.53. The molecule has 0 saturated heterocycles. The predicted molar refractivity (Wildman–Crippen MR) is 110 cm³/mol. The van der Waals surface area contributed by atoms with Gasteiger partial charge >= 0.3 is 6.09 Å². The van der Waals surface area contributed by atoms with E-state index in [1.54, 1.807) is 51.1 Å². The molecule has 0 atom stereocenters. The number of carbonyl (C=O) groups excluding carboxylic acids is 2. The van der Waals surface area contributed by atoms with Crippen molar-refractivity contribution >= 4 is 29.5 Å². The van der Waals surface area contributed by atoms with E-state index in [-0.39, 0.29) is 5.91 Å². The highest BCUT2D eigenvalue weighted by Crippen LogP contribution is 2.26. The van der Waals surface area contributed by atoms with Crippen LogP contribution in [0.4, 0.5) is 16.2 Å². The average Bonchev–Trinajstić information content (AvgIpc) is 3.08. The van der Waals surface area contributed by atoms with E-state index in [2.05, 4.69) is 10.6 Å². The topological polar surface area (TPSA) is 76.7 Å². The number of fused-ring (bicyclic) bond motifs is 1. The largest absolute Gasteiger partial charge is 0.493 e. The second-order valence-corrected chi connectivity index (χ2v) is 7.49. The van der Waals surface area contributed by atoms with Gasteiger partial charge in [0, 0.05) is 23.9 Å². The van der Waals surface area contributed by atoms with E-state index < -0.39 is 11.7 Å². The van der Waals surface area contributed by atoms with Gasteiger partial charge in [0.2, 0.25) is 5.91 Å². The summed E-state index contributed by atoms with van der Waals surface area (Å²) in [6.45, 7) is 6.11. The van der Waals surface area contributed by atoms with Crippen molar-refractivity contribution in [2.75, 3.05) is 17.2 Å². The summed E-state index contributed by atoms with van der Waals surface area (Å²) in [5.74, 6) is 0.686. The van der Waals surface area contributed by atoms with Crippen molar-refractivity contribution in [2.45, 2.75) is 32.8 Å². The molecule has 2 N–H and O–H groups in total. The monoisotopic (exact) mass is 380 g/mol. The molecule has 3 rings (SSSR count). The van der Waals surface area contributed by atoms with Crippen LogP contribution in [0.15, 0.2) is 48.5 Å². The van der Waals surface area contributed by atoms with Crippen LogP contribution in [0.3, 0.4) is 0 Å². The molecule has 6 heteroatoms. The maximum atomic E-state index is 12.1. The molecule has 28 heavy (non-hydrogen) atoms. The molecule has 1 aliphatic rings. The molecule has 6 nitrogen and oxygen atoms in total. The minimum absolute atomic E-state index is 0.232. The van der Waals surface area contributed by atoms with Crippen molar-refractivity contribution in [2.24, 2.45) is 0 Å². The minimum atomic E-state index is -0.559.